The van der Waals surface area contributed by atoms with Gasteiger partial charge in [-0.2, -0.15) is 0 Å². The molecule has 92 valence electrons. The summed E-state index contributed by atoms with van der Waals surface area (Å²) in [5, 5.41) is 9.83. The molecule has 0 spiro atoms. The minimum Gasteiger partial charge on any atom is -0.393 e. The van der Waals surface area contributed by atoms with Crippen molar-refractivity contribution in [2.75, 3.05) is 0 Å². The van der Waals surface area contributed by atoms with E-state index in [0.29, 0.717) is 11.8 Å². The predicted molar refractivity (Wildman–Crippen MR) is 67.9 cm³/mol. The van der Waals surface area contributed by atoms with Gasteiger partial charge >= 0.3 is 0 Å². The Labute approximate surface area is 96.3 Å². The Morgan fingerprint density at radius 2 is 1.20 bits per heavy atom. The van der Waals surface area contributed by atoms with Gasteiger partial charge in [0.05, 0.1) is 6.10 Å². The number of aliphatic hydroxyl groups is 1. The van der Waals surface area contributed by atoms with E-state index < -0.39 is 0 Å². The Bertz CT molecular complexity index is 124. The van der Waals surface area contributed by atoms with Crippen LogP contribution in [0.4, 0.5) is 0 Å². The molecule has 2 unspecified atom stereocenters. The second-order valence-electron chi connectivity index (χ2n) is 5.94. The van der Waals surface area contributed by atoms with Crippen LogP contribution in [0.2, 0.25) is 0 Å². The summed E-state index contributed by atoms with van der Waals surface area (Å²) in [6.07, 6.45) is 5.59. The molecule has 0 aromatic heterocycles. The molecule has 0 rings (SSSR count). The number of hydrogen-bond acceptors (Lipinski definition) is 1. The molecular weight excluding hydrogens is 184 g/mol. The lowest BCUT2D eigenvalue weighted by molar-refractivity contribution is 0.126. The Morgan fingerprint density at radius 3 is 1.67 bits per heavy atom. The van der Waals surface area contributed by atoms with Crippen molar-refractivity contribution < 1.29 is 5.11 Å². The SMILES string of the molecule is CC(C)CCC(C)CC(O)CCC(C)C. The van der Waals surface area contributed by atoms with Gasteiger partial charge in [0.25, 0.3) is 0 Å². The zero-order valence-electron chi connectivity index (χ0n) is 11.3. The van der Waals surface area contributed by atoms with Crippen molar-refractivity contribution in [3.63, 3.8) is 0 Å². The monoisotopic (exact) mass is 214 g/mol. The van der Waals surface area contributed by atoms with Crippen LogP contribution in [-0.4, -0.2) is 11.2 Å². The molecule has 0 aliphatic heterocycles. The molecule has 1 nitrogen and oxygen atoms in total. The summed E-state index contributed by atoms with van der Waals surface area (Å²) < 4.78 is 0. The summed E-state index contributed by atoms with van der Waals surface area (Å²) in [6, 6.07) is 0. The van der Waals surface area contributed by atoms with E-state index in [9.17, 15) is 5.11 Å². The van der Waals surface area contributed by atoms with Crippen LogP contribution < -0.4 is 0 Å². The Hall–Kier alpha value is -0.0400. The first-order valence-corrected chi connectivity index (χ1v) is 6.59. The molecule has 0 saturated heterocycles. The van der Waals surface area contributed by atoms with Crippen molar-refractivity contribution in [1.82, 2.24) is 0 Å². The van der Waals surface area contributed by atoms with Gasteiger partial charge in [0.2, 0.25) is 0 Å². The van der Waals surface area contributed by atoms with E-state index in [2.05, 4.69) is 34.6 Å². The normalized spacial score (nSPS) is 16.0. The van der Waals surface area contributed by atoms with E-state index in [-0.39, 0.29) is 6.10 Å². The van der Waals surface area contributed by atoms with Crippen molar-refractivity contribution in [2.24, 2.45) is 17.8 Å². The maximum absolute atomic E-state index is 9.83. The van der Waals surface area contributed by atoms with E-state index in [1.807, 2.05) is 0 Å². The fraction of sp³-hybridized carbons (Fsp3) is 1.00. The molecule has 0 aromatic rings. The highest BCUT2D eigenvalue weighted by Gasteiger charge is 2.11. The fourth-order valence-electron chi connectivity index (χ4n) is 1.84. The number of rotatable bonds is 8. The average molecular weight is 214 g/mol. The predicted octanol–water partition coefficient (Wildman–Crippen LogP) is 4.25. The quantitative estimate of drug-likeness (QED) is 0.640. The van der Waals surface area contributed by atoms with Gasteiger partial charge in [-0.25, -0.2) is 0 Å². The number of hydrogen-bond donors (Lipinski definition) is 1. The third-order valence-electron chi connectivity index (χ3n) is 2.99. The zero-order chi connectivity index (χ0) is 11.8. The third kappa shape index (κ3) is 10.2. The van der Waals surface area contributed by atoms with E-state index >= 15 is 0 Å². The van der Waals surface area contributed by atoms with Crippen LogP contribution in [0.25, 0.3) is 0 Å². The maximum Gasteiger partial charge on any atom is 0.0542 e. The standard InChI is InChI=1S/C14H30O/c1-11(2)6-8-13(5)10-14(15)9-7-12(3)4/h11-15H,6-10H2,1-5H3. The second kappa shape index (κ2) is 8.15. The number of aliphatic hydroxyl groups excluding tert-OH is 1. The van der Waals surface area contributed by atoms with Crippen molar-refractivity contribution in [3.8, 4) is 0 Å². The smallest absolute Gasteiger partial charge is 0.0542 e. The first kappa shape index (κ1) is 15.0. The van der Waals surface area contributed by atoms with Gasteiger partial charge in [-0.05, 0) is 37.0 Å². The van der Waals surface area contributed by atoms with Crippen molar-refractivity contribution in [3.05, 3.63) is 0 Å². The molecule has 2 atom stereocenters. The molecule has 15 heavy (non-hydrogen) atoms. The van der Waals surface area contributed by atoms with Crippen molar-refractivity contribution >= 4 is 0 Å². The summed E-state index contributed by atoms with van der Waals surface area (Å²) in [4.78, 5) is 0. The van der Waals surface area contributed by atoms with Crippen LogP contribution in [0.15, 0.2) is 0 Å². The molecule has 0 fully saturated rings. The van der Waals surface area contributed by atoms with Crippen LogP contribution in [0.5, 0.6) is 0 Å². The van der Waals surface area contributed by atoms with Gasteiger partial charge in [-0.1, -0.05) is 47.5 Å². The molecule has 0 heterocycles. The average Bonchev–Trinajstić information content (AvgIpc) is 2.11. The van der Waals surface area contributed by atoms with Gasteiger partial charge in [0.1, 0.15) is 0 Å². The Kier molecular flexibility index (Phi) is 8.13. The molecule has 1 N–H and O–H groups in total. The summed E-state index contributed by atoms with van der Waals surface area (Å²) in [5.74, 6) is 2.18. The van der Waals surface area contributed by atoms with E-state index in [0.717, 1.165) is 25.2 Å². The maximum atomic E-state index is 9.83. The zero-order valence-corrected chi connectivity index (χ0v) is 11.3. The van der Waals surface area contributed by atoms with Gasteiger partial charge in [-0.3, -0.25) is 0 Å². The van der Waals surface area contributed by atoms with E-state index in [4.69, 9.17) is 0 Å². The van der Waals surface area contributed by atoms with Crippen molar-refractivity contribution in [1.29, 1.82) is 0 Å². The lowest BCUT2D eigenvalue weighted by Crippen LogP contribution is -2.13. The van der Waals surface area contributed by atoms with Crippen LogP contribution in [0.3, 0.4) is 0 Å². The highest BCUT2D eigenvalue weighted by Crippen LogP contribution is 2.19. The van der Waals surface area contributed by atoms with Gasteiger partial charge in [0.15, 0.2) is 0 Å². The molecule has 0 radical (unpaired) electrons. The Morgan fingerprint density at radius 1 is 0.733 bits per heavy atom. The minimum absolute atomic E-state index is 0.0745. The molecule has 0 aliphatic carbocycles. The minimum atomic E-state index is -0.0745. The summed E-state index contributed by atoms with van der Waals surface area (Å²) in [5.41, 5.74) is 0. The summed E-state index contributed by atoms with van der Waals surface area (Å²) in [6.45, 7) is 11.2. The molecular formula is C14H30O. The van der Waals surface area contributed by atoms with Gasteiger partial charge < -0.3 is 5.11 Å². The molecule has 0 amide bonds. The fourth-order valence-corrected chi connectivity index (χ4v) is 1.84. The van der Waals surface area contributed by atoms with Crippen molar-refractivity contribution in [2.45, 2.75) is 72.8 Å². The van der Waals surface area contributed by atoms with Gasteiger partial charge in [0, 0.05) is 0 Å². The van der Waals surface area contributed by atoms with E-state index in [1.54, 1.807) is 0 Å². The lowest BCUT2D eigenvalue weighted by atomic mass is 9.92. The second-order valence-corrected chi connectivity index (χ2v) is 5.94. The molecule has 0 aromatic carbocycles. The van der Waals surface area contributed by atoms with E-state index in [1.165, 1.54) is 12.8 Å². The largest absolute Gasteiger partial charge is 0.393 e. The molecule has 1 heteroatoms. The molecule has 0 bridgehead atoms. The Balaban J connectivity index is 3.52. The highest BCUT2D eigenvalue weighted by atomic mass is 16.3. The topological polar surface area (TPSA) is 20.2 Å². The lowest BCUT2D eigenvalue weighted by Gasteiger charge is -2.18. The highest BCUT2D eigenvalue weighted by molar-refractivity contribution is 4.63. The van der Waals surface area contributed by atoms with Crippen LogP contribution in [-0.2, 0) is 0 Å². The molecule has 0 aliphatic rings. The van der Waals surface area contributed by atoms with Crippen LogP contribution in [0.1, 0.15) is 66.7 Å². The first-order valence-electron chi connectivity index (χ1n) is 6.59. The molecule has 0 saturated carbocycles. The van der Waals surface area contributed by atoms with Crippen LogP contribution >= 0.6 is 0 Å². The van der Waals surface area contributed by atoms with Gasteiger partial charge in [-0.15, -0.1) is 0 Å². The van der Waals surface area contributed by atoms with Crippen LogP contribution in [0, 0.1) is 17.8 Å². The summed E-state index contributed by atoms with van der Waals surface area (Å²) in [7, 11) is 0. The first-order chi connectivity index (χ1) is 6.91. The third-order valence-corrected chi connectivity index (χ3v) is 2.99. The summed E-state index contributed by atoms with van der Waals surface area (Å²) >= 11 is 0.